The number of hydrogen-bond acceptors (Lipinski definition) is 21. The van der Waals surface area contributed by atoms with Crippen LogP contribution in [-0.2, 0) is 42.7 Å². The van der Waals surface area contributed by atoms with Crippen LogP contribution in [0.3, 0.4) is 0 Å². The summed E-state index contributed by atoms with van der Waals surface area (Å²) in [7, 11) is 0. The first-order valence-electron chi connectivity index (χ1n) is 27.1. The van der Waals surface area contributed by atoms with Gasteiger partial charge in [0.2, 0.25) is 6.29 Å². The van der Waals surface area contributed by atoms with Crippen LogP contribution in [0.25, 0.3) is 0 Å². The van der Waals surface area contributed by atoms with E-state index in [2.05, 4.69) is 54.5 Å². The Hall–Kier alpha value is -1.55. The van der Waals surface area contributed by atoms with Crippen LogP contribution in [0.2, 0.25) is 0 Å². The van der Waals surface area contributed by atoms with Crippen molar-refractivity contribution in [2.75, 3.05) is 19.8 Å². The van der Waals surface area contributed by atoms with Gasteiger partial charge in [0.15, 0.2) is 18.9 Å². The molecule has 0 radical (unpaired) electrons. The van der Waals surface area contributed by atoms with Crippen molar-refractivity contribution < 1.29 is 104 Å². The molecule has 12 N–H and O–H groups in total. The van der Waals surface area contributed by atoms with Crippen molar-refractivity contribution in [3.8, 4) is 0 Å². The first kappa shape index (κ1) is 57.1. The number of hydrogen-bond donors (Lipinski definition) is 12. The third-order valence-electron chi connectivity index (χ3n) is 21.0. The fourth-order valence-electron chi connectivity index (χ4n) is 16.1. The zero-order chi connectivity index (χ0) is 54.0. The average Bonchev–Trinajstić information content (AvgIpc) is 3.35. The minimum absolute atomic E-state index is 0.114. The number of rotatable bonds is 10. The minimum Gasteiger partial charge on any atom is -0.432 e. The van der Waals surface area contributed by atoms with Crippen molar-refractivity contribution in [3.05, 3.63) is 11.6 Å². The van der Waals surface area contributed by atoms with E-state index in [1.807, 2.05) is 0 Å². The maximum Gasteiger partial charge on any atom is 0.315 e. The van der Waals surface area contributed by atoms with Crippen LogP contribution in [-0.4, -0.2) is 210 Å². The lowest BCUT2D eigenvalue weighted by atomic mass is 9.33. The highest BCUT2D eigenvalue weighted by atomic mass is 16.8. The van der Waals surface area contributed by atoms with Gasteiger partial charge in [0.1, 0.15) is 85.5 Å². The normalized spacial score (nSPS) is 54.1. The Balaban J connectivity index is 0.920. The minimum atomic E-state index is -1.82. The second kappa shape index (κ2) is 20.5. The number of ether oxygens (including phenoxy) is 8. The van der Waals surface area contributed by atoms with Crippen molar-refractivity contribution in [2.45, 2.75) is 242 Å². The lowest BCUT2D eigenvalue weighted by Crippen LogP contribution is -2.66. The van der Waals surface area contributed by atoms with Gasteiger partial charge in [0.25, 0.3) is 0 Å². The molecule has 424 valence electrons. The summed E-state index contributed by atoms with van der Waals surface area (Å²) in [5, 5.41) is 127. The molecule has 21 nitrogen and oxygen atoms in total. The Morgan fingerprint density at radius 3 is 1.95 bits per heavy atom. The summed E-state index contributed by atoms with van der Waals surface area (Å²) in [6.07, 6.45) is -19.2. The smallest absolute Gasteiger partial charge is 0.315 e. The molecule has 4 aliphatic heterocycles. The second-order valence-electron chi connectivity index (χ2n) is 25.8. The second-order valence-corrected chi connectivity index (χ2v) is 25.8. The number of esters is 1. The molecule has 0 amide bonds. The predicted octanol–water partition coefficient (Wildman–Crippen LogP) is -0.369. The van der Waals surface area contributed by atoms with Gasteiger partial charge in [0, 0.05) is 0 Å². The largest absolute Gasteiger partial charge is 0.432 e. The Morgan fingerprint density at radius 2 is 1.26 bits per heavy atom. The number of aliphatic hydroxyl groups is 12. The molecule has 27 atom stereocenters. The lowest BCUT2D eigenvalue weighted by molar-refractivity contribution is -0.364. The monoisotopic (exact) mass is 1060 g/mol. The van der Waals surface area contributed by atoms with Crippen LogP contribution in [0.15, 0.2) is 11.6 Å². The third-order valence-corrected chi connectivity index (χ3v) is 21.0. The molecule has 1 unspecified atom stereocenters. The summed E-state index contributed by atoms with van der Waals surface area (Å²) in [6.45, 7) is 16.2. The van der Waals surface area contributed by atoms with Crippen molar-refractivity contribution in [1.29, 1.82) is 0 Å². The van der Waals surface area contributed by atoms with Crippen molar-refractivity contribution in [2.24, 2.45) is 50.2 Å². The molecule has 0 aromatic carbocycles. The van der Waals surface area contributed by atoms with Gasteiger partial charge in [-0.15, -0.1) is 0 Å². The number of carbonyl (C=O) groups excluding carboxylic acids is 1. The average molecular weight is 1060 g/mol. The van der Waals surface area contributed by atoms with Crippen LogP contribution in [0.1, 0.15) is 120 Å². The Morgan fingerprint density at radius 1 is 0.635 bits per heavy atom. The number of carbonyl (C=O) groups is 1. The molecule has 74 heavy (non-hydrogen) atoms. The topological polar surface area (TPSA) is 334 Å². The Bertz CT molecular complexity index is 2040. The van der Waals surface area contributed by atoms with Crippen LogP contribution in [0.4, 0.5) is 0 Å². The molecule has 0 bridgehead atoms. The first-order chi connectivity index (χ1) is 34.6. The number of aliphatic hydroxyl groups excluding tert-OH is 12. The van der Waals surface area contributed by atoms with Crippen LogP contribution >= 0.6 is 0 Å². The van der Waals surface area contributed by atoms with E-state index < -0.39 is 147 Å². The first-order valence-corrected chi connectivity index (χ1v) is 27.1. The molecule has 21 heteroatoms. The molecule has 0 aromatic rings. The maximum absolute atomic E-state index is 15.1. The van der Waals surface area contributed by atoms with Gasteiger partial charge in [-0.3, -0.25) is 4.79 Å². The van der Waals surface area contributed by atoms with Crippen molar-refractivity contribution in [1.82, 2.24) is 0 Å². The van der Waals surface area contributed by atoms with Gasteiger partial charge in [-0.2, -0.15) is 0 Å². The van der Waals surface area contributed by atoms with Gasteiger partial charge in [-0.25, -0.2) is 0 Å². The van der Waals surface area contributed by atoms with Gasteiger partial charge >= 0.3 is 5.97 Å². The summed E-state index contributed by atoms with van der Waals surface area (Å²) in [4.78, 5) is 15.1. The Kier molecular flexibility index (Phi) is 15.8. The molecule has 9 rings (SSSR count). The zero-order valence-corrected chi connectivity index (χ0v) is 44.1. The standard InChI is InChI=1S/C53H86O21/c1-23-32(56)36(60)40(64)44(69-23)73-42-33(57)26(55)21-67-46(42)72-31-12-13-50(6)29(49(31,4)5)11-14-52(8)30(50)10-9-24-25-19-48(2,3)15-17-53(25,18-16-51(24,52)7)47(66)74-45-41(65)38(62)35(59)28(71-45)22-68-43-39(63)37(61)34(58)27(20-54)70-43/h9,23,25-46,54-65H,10-22H2,1-8H3/t23-,25-,26+,27+,28+,29-,30+,31-,32-,33-,34+,35+,36-,37-,38-,39+,40+,41+,42-,43?,44-,45-,46+,50-,51+,52+,53-/m0/s1. The third kappa shape index (κ3) is 9.27. The molecule has 4 heterocycles. The van der Waals surface area contributed by atoms with E-state index in [1.54, 1.807) is 0 Å². The van der Waals surface area contributed by atoms with Gasteiger partial charge in [-0.1, -0.05) is 60.1 Å². The molecular weight excluding hydrogens is 973 g/mol. The summed E-state index contributed by atoms with van der Waals surface area (Å²) >= 11 is 0. The highest BCUT2D eigenvalue weighted by Crippen LogP contribution is 2.76. The van der Waals surface area contributed by atoms with Gasteiger partial charge in [0.05, 0.1) is 37.4 Å². The van der Waals surface area contributed by atoms with E-state index in [-0.39, 0.29) is 52.1 Å². The summed E-state index contributed by atoms with van der Waals surface area (Å²) in [5.41, 5.74) is -0.885. The van der Waals surface area contributed by atoms with Crippen LogP contribution in [0.5, 0.6) is 0 Å². The molecule has 9 aliphatic rings. The number of fused-ring (bicyclic) bond motifs is 7. The fraction of sp³-hybridized carbons (Fsp3) is 0.943. The summed E-state index contributed by atoms with van der Waals surface area (Å²) in [5.74, 6) is -0.319. The molecule has 4 saturated carbocycles. The van der Waals surface area contributed by atoms with E-state index >= 15 is 4.79 Å². The number of allylic oxidation sites excluding steroid dienone is 2. The molecule has 0 spiro atoms. The molecule has 4 saturated heterocycles. The highest BCUT2D eigenvalue weighted by Gasteiger charge is 2.70. The quantitative estimate of drug-likeness (QED) is 0.0755. The SMILES string of the molecule is C[C@@H]1O[C@@H](O[C@@H]2[C@@H](O[C@H]3CC[C@]4(C)[C@H]5CC=C6[C@@H]7CC(C)(C)CC[C@]7(C(=O)O[C@@H]7O[C@H](COC8O[C@H](CO)[C@@H](O)[C@H](O)[C@H]8O)[C@@H](O)[C@H](O)[C@H]7O)CC[C@@]6(C)[C@]5(C)CC[C@H]4C3(C)C)OC[C@@H](O)[C@@H]2O)[C@H](O)[C@@H](O)[C@H]1O. The highest BCUT2D eigenvalue weighted by molar-refractivity contribution is 5.79. The lowest BCUT2D eigenvalue weighted by Gasteiger charge is -2.71. The molecule has 0 aromatic heterocycles. The summed E-state index contributed by atoms with van der Waals surface area (Å²) < 4.78 is 47.8. The zero-order valence-electron chi connectivity index (χ0n) is 44.1. The maximum atomic E-state index is 15.1. The van der Waals surface area contributed by atoms with E-state index in [1.165, 1.54) is 12.5 Å². The van der Waals surface area contributed by atoms with Crippen molar-refractivity contribution >= 4 is 5.97 Å². The van der Waals surface area contributed by atoms with Crippen molar-refractivity contribution in [3.63, 3.8) is 0 Å². The van der Waals surface area contributed by atoms with E-state index in [0.29, 0.717) is 32.1 Å². The van der Waals surface area contributed by atoms with E-state index in [9.17, 15) is 61.3 Å². The van der Waals surface area contributed by atoms with Crippen LogP contribution < -0.4 is 0 Å². The van der Waals surface area contributed by atoms with E-state index in [4.69, 9.17) is 37.9 Å². The molecular formula is C53H86O21. The van der Waals surface area contributed by atoms with Gasteiger partial charge < -0.3 is 99.2 Å². The predicted molar refractivity (Wildman–Crippen MR) is 255 cm³/mol. The Labute approximate surface area is 433 Å². The molecule has 8 fully saturated rings. The van der Waals surface area contributed by atoms with Crippen LogP contribution in [0, 0.1) is 50.2 Å². The summed E-state index contributed by atoms with van der Waals surface area (Å²) in [6, 6.07) is 0. The van der Waals surface area contributed by atoms with E-state index in [0.717, 1.165) is 32.1 Å². The fourth-order valence-corrected chi connectivity index (χ4v) is 16.1. The van der Waals surface area contributed by atoms with Gasteiger partial charge in [-0.05, 0) is 116 Å². The molecule has 5 aliphatic carbocycles.